The lowest BCUT2D eigenvalue weighted by atomic mass is 10.2. The average molecular weight is 681 g/mol. The monoisotopic (exact) mass is 680 g/mol. The summed E-state index contributed by atoms with van der Waals surface area (Å²) in [4.78, 5) is 8.19. The summed E-state index contributed by atoms with van der Waals surface area (Å²) in [6.45, 7) is 2.70. The largest absolute Gasteiger partial charge is 0.491 e. The van der Waals surface area contributed by atoms with Gasteiger partial charge in [0, 0.05) is 26.1 Å². The van der Waals surface area contributed by atoms with E-state index in [1.165, 1.54) is 0 Å². The number of pyridine rings is 1. The minimum atomic E-state index is 0.169. The zero-order valence-corrected chi connectivity index (χ0v) is 21.9. The quantitative estimate of drug-likeness (QED) is 0.162. The maximum atomic E-state index is 9.36. The Morgan fingerprint density at radius 2 is 1.78 bits per heavy atom. The Bertz CT molecular complexity index is 1060. The molecule has 0 saturated carbocycles. The molecule has 0 amide bonds. The lowest BCUT2D eigenvalue weighted by Crippen LogP contribution is -2.14. The van der Waals surface area contributed by atoms with Crippen molar-refractivity contribution in [2.24, 2.45) is 0 Å². The maximum Gasteiger partial charge on any atom is 0.232 e. The van der Waals surface area contributed by atoms with Crippen LogP contribution in [0.1, 0.15) is 5.69 Å². The van der Waals surface area contributed by atoms with Crippen LogP contribution >= 0.6 is 56.8 Å². The molecule has 0 fully saturated rings. The first-order valence-electron chi connectivity index (χ1n) is 9.56. The van der Waals surface area contributed by atoms with E-state index >= 15 is 0 Å². The second kappa shape index (κ2) is 13.1. The Morgan fingerprint density at radius 1 is 1.06 bits per heavy atom. The molecule has 0 spiro atoms. The van der Waals surface area contributed by atoms with Crippen LogP contribution in [0.25, 0.3) is 11.5 Å². The predicted molar refractivity (Wildman–Crippen MR) is 137 cm³/mol. The van der Waals surface area contributed by atoms with Gasteiger partial charge in [-0.05, 0) is 69.4 Å². The zero-order valence-electron chi connectivity index (χ0n) is 16.8. The molecule has 1 N–H and O–H groups in total. The van der Waals surface area contributed by atoms with Crippen LogP contribution in [-0.4, -0.2) is 49.5 Å². The number of anilines is 1. The molecule has 3 rings (SSSR count). The van der Waals surface area contributed by atoms with Gasteiger partial charge in [0.25, 0.3) is 0 Å². The van der Waals surface area contributed by atoms with Crippen LogP contribution in [0.5, 0.6) is 5.75 Å². The highest BCUT2D eigenvalue weighted by Crippen LogP contribution is 2.35. The van der Waals surface area contributed by atoms with E-state index in [0.717, 1.165) is 12.9 Å². The maximum absolute atomic E-state index is 9.36. The number of nitriles is 1. The van der Waals surface area contributed by atoms with Gasteiger partial charge in [-0.2, -0.15) is 10.2 Å². The van der Waals surface area contributed by atoms with Gasteiger partial charge in [-0.25, -0.2) is 0 Å². The first-order valence-corrected chi connectivity index (χ1v) is 12.1. The summed E-state index contributed by atoms with van der Waals surface area (Å²) in [6.07, 6.45) is 3.35. The second-order valence-electron chi connectivity index (χ2n) is 6.24. The smallest absolute Gasteiger partial charge is 0.232 e. The molecule has 3 aromatic rings. The standard InChI is InChI=1S/C21H19ClI2N4O4/c22-19-16(11-14(23)12-17(19)24)20-28-18(13-25)21(32-20)27-5-6-29-7-8-30-9-10-31-15-1-3-26-4-2-15/h1-4,11-12,27H,5-10H2. The molecular formula is C21H19ClI2N4O4. The van der Waals surface area contributed by atoms with Gasteiger partial charge in [-0.3, -0.25) is 4.98 Å². The highest BCUT2D eigenvalue weighted by molar-refractivity contribution is 14.1. The van der Waals surface area contributed by atoms with E-state index < -0.39 is 0 Å². The van der Waals surface area contributed by atoms with Crippen molar-refractivity contribution in [3.05, 3.63) is 54.5 Å². The van der Waals surface area contributed by atoms with Crippen molar-refractivity contribution < 1.29 is 18.6 Å². The first kappa shape index (κ1) is 25.0. The van der Waals surface area contributed by atoms with E-state index in [4.69, 9.17) is 30.2 Å². The number of aromatic nitrogens is 2. The normalized spacial score (nSPS) is 10.7. The third-order valence-corrected chi connectivity index (χ3v) is 6.21. The number of hydrogen-bond acceptors (Lipinski definition) is 8. The number of nitrogens with zero attached hydrogens (tertiary/aromatic N) is 3. The SMILES string of the molecule is N#Cc1nc(-c2cc(I)cc(I)c2Cl)oc1NCCOCCOCCOc1ccncc1. The Kier molecular flexibility index (Phi) is 10.3. The summed E-state index contributed by atoms with van der Waals surface area (Å²) in [6, 6.07) is 9.44. The lowest BCUT2D eigenvalue weighted by molar-refractivity contribution is 0.0394. The molecule has 0 atom stereocenters. The van der Waals surface area contributed by atoms with Gasteiger partial charge in [-0.1, -0.05) is 11.6 Å². The summed E-state index contributed by atoms with van der Waals surface area (Å²) in [5.41, 5.74) is 0.816. The number of hydrogen-bond donors (Lipinski definition) is 1. The zero-order chi connectivity index (χ0) is 22.8. The number of ether oxygens (including phenoxy) is 3. The molecule has 0 aliphatic carbocycles. The minimum Gasteiger partial charge on any atom is -0.491 e. The highest BCUT2D eigenvalue weighted by atomic mass is 127. The fourth-order valence-corrected chi connectivity index (χ4v) is 4.59. The molecule has 0 unspecified atom stereocenters. The summed E-state index contributed by atoms with van der Waals surface area (Å²) < 4.78 is 24.1. The first-order chi connectivity index (χ1) is 15.6. The van der Waals surface area contributed by atoms with E-state index in [-0.39, 0.29) is 5.69 Å². The molecule has 0 aliphatic rings. The third-order valence-electron chi connectivity index (χ3n) is 4.01. The number of nitrogens with one attached hydrogen (secondary N) is 1. The topological polar surface area (TPSA) is 102 Å². The van der Waals surface area contributed by atoms with Crippen LogP contribution in [0.4, 0.5) is 5.88 Å². The van der Waals surface area contributed by atoms with Crippen molar-refractivity contribution in [3.63, 3.8) is 0 Å². The number of oxazole rings is 1. The van der Waals surface area contributed by atoms with Crippen LogP contribution in [0.3, 0.4) is 0 Å². The Balaban J connectivity index is 1.36. The molecule has 32 heavy (non-hydrogen) atoms. The minimum absolute atomic E-state index is 0.169. The van der Waals surface area contributed by atoms with E-state index in [2.05, 4.69) is 60.5 Å². The summed E-state index contributed by atoms with van der Waals surface area (Å²) >= 11 is 10.7. The molecule has 0 aliphatic heterocycles. The summed E-state index contributed by atoms with van der Waals surface area (Å²) in [7, 11) is 0. The molecule has 0 radical (unpaired) electrons. The Morgan fingerprint density at radius 3 is 2.53 bits per heavy atom. The van der Waals surface area contributed by atoms with Crippen LogP contribution in [-0.2, 0) is 9.47 Å². The molecule has 0 bridgehead atoms. The van der Waals surface area contributed by atoms with Crippen molar-refractivity contribution in [2.45, 2.75) is 0 Å². The van der Waals surface area contributed by atoms with Gasteiger partial charge >= 0.3 is 0 Å². The summed E-state index contributed by atoms with van der Waals surface area (Å²) in [5.74, 6) is 1.35. The molecule has 2 heterocycles. The molecule has 1 aromatic carbocycles. The van der Waals surface area contributed by atoms with E-state index in [9.17, 15) is 5.26 Å². The third kappa shape index (κ3) is 7.45. The van der Waals surface area contributed by atoms with Crippen LogP contribution in [0.15, 0.2) is 41.1 Å². The number of halogens is 3. The number of benzene rings is 1. The number of rotatable bonds is 12. The van der Waals surface area contributed by atoms with Gasteiger partial charge in [-0.15, -0.1) is 0 Å². The van der Waals surface area contributed by atoms with Crippen LogP contribution in [0.2, 0.25) is 5.02 Å². The molecule has 0 saturated heterocycles. The average Bonchev–Trinajstić information content (AvgIpc) is 3.21. The molecule has 11 heteroatoms. The summed E-state index contributed by atoms with van der Waals surface area (Å²) in [5, 5.41) is 12.9. The van der Waals surface area contributed by atoms with Crippen LogP contribution in [0, 0.1) is 18.5 Å². The highest BCUT2D eigenvalue weighted by Gasteiger charge is 2.18. The Hall–Kier alpha value is -1.66. The van der Waals surface area contributed by atoms with Gasteiger partial charge in [0.2, 0.25) is 17.5 Å². The fourth-order valence-electron chi connectivity index (χ4n) is 2.55. The van der Waals surface area contributed by atoms with Crippen molar-refractivity contribution in [1.82, 2.24) is 9.97 Å². The molecular weight excluding hydrogens is 662 g/mol. The van der Waals surface area contributed by atoms with Crippen molar-refractivity contribution >= 4 is 62.7 Å². The van der Waals surface area contributed by atoms with E-state index in [0.29, 0.717) is 61.9 Å². The predicted octanol–water partition coefficient (Wildman–Crippen LogP) is 4.99. The van der Waals surface area contributed by atoms with Gasteiger partial charge in [0.1, 0.15) is 18.4 Å². The fraction of sp³-hybridized carbons (Fsp3) is 0.286. The van der Waals surface area contributed by atoms with Crippen molar-refractivity contribution in [3.8, 4) is 23.3 Å². The van der Waals surface area contributed by atoms with E-state index in [1.807, 2.05) is 18.2 Å². The lowest BCUT2D eigenvalue weighted by Gasteiger charge is -2.08. The van der Waals surface area contributed by atoms with Crippen molar-refractivity contribution in [2.75, 3.05) is 44.9 Å². The van der Waals surface area contributed by atoms with Crippen LogP contribution < -0.4 is 10.1 Å². The Labute approximate surface area is 217 Å². The molecule has 168 valence electrons. The van der Waals surface area contributed by atoms with Gasteiger partial charge < -0.3 is 23.9 Å². The van der Waals surface area contributed by atoms with Gasteiger partial charge in [0.05, 0.1) is 37.0 Å². The molecule has 8 nitrogen and oxygen atoms in total. The van der Waals surface area contributed by atoms with Gasteiger partial charge in [0.15, 0.2) is 0 Å². The second-order valence-corrected chi connectivity index (χ2v) is 9.03. The van der Waals surface area contributed by atoms with Crippen molar-refractivity contribution in [1.29, 1.82) is 5.26 Å². The molecule has 2 aromatic heterocycles. The van der Waals surface area contributed by atoms with E-state index in [1.54, 1.807) is 24.5 Å².